The number of nitrogens with one attached hydrogen (secondary N) is 1. The highest BCUT2D eigenvalue weighted by Crippen LogP contribution is 2.28. The van der Waals surface area contributed by atoms with E-state index in [4.69, 9.17) is 23.2 Å². The average Bonchev–Trinajstić information content (AvgIpc) is 2.60. The molecule has 0 aliphatic carbocycles. The Bertz CT molecular complexity index is 955. The summed E-state index contributed by atoms with van der Waals surface area (Å²) in [7, 11) is 0. The van der Waals surface area contributed by atoms with Crippen LogP contribution in [0, 0.1) is 4.91 Å². The molecule has 0 fully saturated rings. The third-order valence-electron chi connectivity index (χ3n) is 3.81. The summed E-state index contributed by atoms with van der Waals surface area (Å²) in [5, 5.41) is 7.12. The van der Waals surface area contributed by atoms with E-state index in [9.17, 15) is 9.70 Å². The molecule has 1 unspecified atom stereocenters. The van der Waals surface area contributed by atoms with Gasteiger partial charge in [0.25, 0.3) is 5.91 Å². The normalized spacial score (nSPS) is 12.0. The van der Waals surface area contributed by atoms with Gasteiger partial charge in [-0.15, -0.1) is 0 Å². The lowest BCUT2D eigenvalue weighted by atomic mass is 10.1. The van der Waals surface area contributed by atoms with Crippen molar-refractivity contribution in [3.63, 3.8) is 0 Å². The van der Waals surface area contributed by atoms with Crippen LogP contribution in [-0.4, -0.2) is 10.9 Å². The van der Waals surface area contributed by atoms with Gasteiger partial charge in [-0.1, -0.05) is 46.6 Å². The lowest BCUT2D eigenvalue weighted by molar-refractivity contribution is 0.102. The molecule has 1 heterocycles. The smallest absolute Gasteiger partial charge is 0.258 e. The molecule has 3 rings (SSSR count). The van der Waals surface area contributed by atoms with Crippen LogP contribution in [0.25, 0.3) is 10.9 Å². The average molecular weight is 374 g/mol. The van der Waals surface area contributed by atoms with Gasteiger partial charge in [-0.2, -0.15) is 4.91 Å². The van der Waals surface area contributed by atoms with E-state index in [1.165, 1.54) is 0 Å². The van der Waals surface area contributed by atoms with Crippen molar-refractivity contribution in [3.8, 4) is 0 Å². The van der Waals surface area contributed by atoms with Crippen molar-refractivity contribution in [3.05, 3.63) is 74.7 Å². The molecule has 0 spiro atoms. The number of halogens is 2. The molecule has 3 aromatic rings. The molecular formula is C18H13Cl2N3O2. The number of nitrogens with zero attached hydrogens (tertiary/aromatic N) is 2. The van der Waals surface area contributed by atoms with Gasteiger partial charge in [0.2, 0.25) is 0 Å². The lowest BCUT2D eigenvalue weighted by Gasteiger charge is -2.11. The number of para-hydroxylation sites is 1. The summed E-state index contributed by atoms with van der Waals surface area (Å²) >= 11 is 12.2. The zero-order valence-electron chi connectivity index (χ0n) is 13.2. The first kappa shape index (κ1) is 17.3. The predicted octanol–water partition coefficient (Wildman–Crippen LogP) is 5.62. The molecule has 0 aliphatic rings. The first-order valence-electron chi connectivity index (χ1n) is 7.47. The first-order chi connectivity index (χ1) is 12.0. The molecule has 0 saturated heterocycles. The summed E-state index contributed by atoms with van der Waals surface area (Å²) in [4.78, 5) is 27.6. The Hall–Kier alpha value is -2.50. The number of hydrogen-bond acceptors (Lipinski definition) is 4. The highest BCUT2D eigenvalue weighted by atomic mass is 35.5. The standard InChI is InChI=1S/C18H13Cl2N3O2/c1-10(23-25)12-8-11-4-2-7-15(17(11)21-9-12)22-18(24)16-13(19)5-3-6-14(16)20/h2-10H,1H3,(H,22,24). The number of nitroso groups, excluding NO2 is 1. The largest absolute Gasteiger partial charge is 0.320 e. The SMILES string of the molecule is CC(N=O)c1cnc2c(NC(=O)c3c(Cl)cccc3Cl)cccc2c1. The van der Waals surface area contributed by atoms with Crippen molar-refractivity contribution >= 4 is 45.7 Å². The number of aromatic nitrogens is 1. The summed E-state index contributed by atoms with van der Waals surface area (Å²) in [5.74, 6) is -0.420. The molecule has 1 N–H and O–H groups in total. The van der Waals surface area contributed by atoms with E-state index in [-0.39, 0.29) is 15.6 Å². The molecule has 0 bridgehead atoms. The van der Waals surface area contributed by atoms with Crippen molar-refractivity contribution in [2.24, 2.45) is 5.18 Å². The van der Waals surface area contributed by atoms with E-state index < -0.39 is 11.9 Å². The van der Waals surface area contributed by atoms with Crippen LogP contribution in [-0.2, 0) is 0 Å². The van der Waals surface area contributed by atoms with Crippen molar-refractivity contribution < 1.29 is 4.79 Å². The van der Waals surface area contributed by atoms with E-state index >= 15 is 0 Å². The second kappa shape index (κ2) is 7.17. The number of benzene rings is 2. The minimum absolute atomic E-state index is 0.207. The topological polar surface area (TPSA) is 71.4 Å². The number of pyridine rings is 1. The maximum Gasteiger partial charge on any atom is 0.258 e. The minimum atomic E-state index is -0.489. The number of carbonyl (C=O) groups is 1. The number of amides is 1. The molecule has 1 amide bonds. The molecule has 1 aromatic heterocycles. The van der Waals surface area contributed by atoms with Gasteiger partial charge >= 0.3 is 0 Å². The molecule has 2 aromatic carbocycles. The van der Waals surface area contributed by atoms with Crippen molar-refractivity contribution in [2.75, 3.05) is 5.32 Å². The van der Waals surface area contributed by atoms with E-state index in [0.717, 1.165) is 5.39 Å². The third kappa shape index (κ3) is 3.48. The van der Waals surface area contributed by atoms with Gasteiger partial charge < -0.3 is 5.32 Å². The number of fused-ring (bicyclic) bond motifs is 1. The van der Waals surface area contributed by atoms with Crippen LogP contribution in [0.2, 0.25) is 10.0 Å². The highest BCUT2D eigenvalue weighted by molar-refractivity contribution is 6.40. The molecule has 0 saturated carbocycles. The third-order valence-corrected chi connectivity index (χ3v) is 4.44. The van der Waals surface area contributed by atoms with Crippen LogP contribution in [0.4, 0.5) is 5.69 Å². The fraction of sp³-hybridized carbons (Fsp3) is 0.111. The van der Waals surface area contributed by atoms with E-state index in [2.05, 4.69) is 15.5 Å². The minimum Gasteiger partial charge on any atom is -0.320 e. The number of carbonyl (C=O) groups excluding carboxylic acids is 1. The van der Waals surface area contributed by atoms with Gasteiger partial charge in [-0.25, -0.2) is 0 Å². The van der Waals surface area contributed by atoms with Gasteiger partial charge in [-0.05, 0) is 36.8 Å². The van der Waals surface area contributed by atoms with Gasteiger partial charge in [0, 0.05) is 11.6 Å². The van der Waals surface area contributed by atoms with Gasteiger partial charge in [0.15, 0.2) is 0 Å². The molecule has 25 heavy (non-hydrogen) atoms. The Balaban J connectivity index is 1.99. The van der Waals surface area contributed by atoms with Crippen LogP contribution in [0.5, 0.6) is 0 Å². The monoisotopic (exact) mass is 373 g/mol. The number of anilines is 1. The van der Waals surface area contributed by atoms with Crippen molar-refractivity contribution in [2.45, 2.75) is 13.0 Å². The second-order valence-electron chi connectivity index (χ2n) is 5.48. The zero-order valence-corrected chi connectivity index (χ0v) is 14.7. The number of rotatable bonds is 4. The molecular weight excluding hydrogens is 361 g/mol. The van der Waals surface area contributed by atoms with Crippen LogP contribution in [0.1, 0.15) is 28.9 Å². The Morgan fingerprint density at radius 1 is 1.16 bits per heavy atom. The fourth-order valence-corrected chi connectivity index (χ4v) is 3.04. The molecule has 126 valence electrons. The summed E-state index contributed by atoms with van der Waals surface area (Å²) in [6.07, 6.45) is 1.58. The lowest BCUT2D eigenvalue weighted by Crippen LogP contribution is -2.13. The first-order valence-corrected chi connectivity index (χ1v) is 8.23. The van der Waals surface area contributed by atoms with Gasteiger partial charge in [0.05, 0.1) is 26.8 Å². The van der Waals surface area contributed by atoms with E-state index in [0.29, 0.717) is 16.8 Å². The summed E-state index contributed by atoms with van der Waals surface area (Å²) in [6.45, 7) is 1.70. The van der Waals surface area contributed by atoms with E-state index in [1.807, 2.05) is 12.1 Å². The van der Waals surface area contributed by atoms with Crippen LogP contribution in [0.3, 0.4) is 0 Å². The molecule has 0 aliphatic heterocycles. The Morgan fingerprint density at radius 2 is 1.84 bits per heavy atom. The zero-order chi connectivity index (χ0) is 18.0. The maximum absolute atomic E-state index is 12.6. The van der Waals surface area contributed by atoms with Gasteiger partial charge in [0.1, 0.15) is 6.04 Å². The van der Waals surface area contributed by atoms with Crippen LogP contribution < -0.4 is 5.32 Å². The maximum atomic E-state index is 12.6. The predicted molar refractivity (Wildman–Crippen MR) is 100 cm³/mol. The molecule has 5 nitrogen and oxygen atoms in total. The van der Waals surface area contributed by atoms with Crippen LogP contribution in [0.15, 0.2) is 53.8 Å². The Labute approximate surface area is 153 Å². The summed E-state index contributed by atoms with van der Waals surface area (Å²) in [6, 6.07) is 11.6. The van der Waals surface area contributed by atoms with Crippen molar-refractivity contribution in [1.82, 2.24) is 4.98 Å². The summed E-state index contributed by atoms with van der Waals surface area (Å²) < 4.78 is 0. The van der Waals surface area contributed by atoms with Crippen molar-refractivity contribution in [1.29, 1.82) is 0 Å². The number of hydrogen-bond donors (Lipinski definition) is 1. The summed E-state index contributed by atoms with van der Waals surface area (Å²) in [5.41, 5.74) is 2.04. The fourth-order valence-electron chi connectivity index (χ4n) is 2.47. The molecule has 0 radical (unpaired) electrons. The van der Waals surface area contributed by atoms with Crippen LogP contribution >= 0.6 is 23.2 Å². The quantitative estimate of drug-likeness (QED) is 0.603. The highest BCUT2D eigenvalue weighted by Gasteiger charge is 2.16. The van der Waals surface area contributed by atoms with E-state index in [1.54, 1.807) is 43.5 Å². The van der Waals surface area contributed by atoms with Gasteiger partial charge in [-0.3, -0.25) is 9.78 Å². The molecule has 7 heteroatoms. The Kier molecular flexibility index (Phi) is 4.97. The molecule has 1 atom stereocenters. The Morgan fingerprint density at radius 3 is 2.52 bits per heavy atom. The second-order valence-corrected chi connectivity index (χ2v) is 6.29.